The van der Waals surface area contributed by atoms with E-state index in [1.165, 1.54) is 0 Å². The smallest absolute Gasteiger partial charge is 0.338 e. The highest BCUT2D eigenvalue weighted by atomic mass is 16.5. The summed E-state index contributed by atoms with van der Waals surface area (Å²) in [7, 11) is 1.66. The molecule has 0 aliphatic carbocycles. The van der Waals surface area contributed by atoms with Crippen LogP contribution in [0, 0.1) is 0 Å². The predicted molar refractivity (Wildman–Crippen MR) is 88.9 cm³/mol. The van der Waals surface area contributed by atoms with Crippen LogP contribution in [0.3, 0.4) is 0 Å². The molecule has 2 aromatic rings. The molecule has 0 radical (unpaired) electrons. The first-order valence-electron chi connectivity index (χ1n) is 7.24. The monoisotopic (exact) mass is 296 g/mol. The van der Waals surface area contributed by atoms with Crippen molar-refractivity contribution in [3.05, 3.63) is 65.2 Å². The molecular weight excluding hydrogens is 276 g/mol. The van der Waals surface area contributed by atoms with Crippen molar-refractivity contribution in [2.45, 2.75) is 13.8 Å². The first kappa shape index (κ1) is 15.8. The minimum atomic E-state index is -0.287. The van der Waals surface area contributed by atoms with Gasteiger partial charge in [-0.3, -0.25) is 0 Å². The van der Waals surface area contributed by atoms with Gasteiger partial charge in [0.15, 0.2) is 0 Å². The number of ether oxygens (including phenoxy) is 2. The van der Waals surface area contributed by atoms with Gasteiger partial charge in [-0.05, 0) is 54.8 Å². The van der Waals surface area contributed by atoms with Crippen LogP contribution in [0.5, 0.6) is 5.75 Å². The van der Waals surface area contributed by atoms with E-state index in [1.54, 1.807) is 26.2 Å². The van der Waals surface area contributed by atoms with Crippen LogP contribution < -0.4 is 4.74 Å². The van der Waals surface area contributed by atoms with E-state index in [0.717, 1.165) is 22.4 Å². The molecule has 0 aromatic heterocycles. The van der Waals surface area contributed by atoms with E-state index in [4.69, 9.17) is 9.47 Å². The fourth-order valence-electron chi connectivity index (χ4n) is 2.12. The van der Waals surface area contributed by atoms with Crippen LogP contribution in [-0.4, -0.2) is 19.7 Å². The van der Waals surface area contributed by atoms with E-state index in [0.29, 0.717) is 12.2 Å². The summed E-state index contributed by atoms with van der Waals surface area (Å²) >= 11 is 0. The number of hydrogen-bond donors (Lipinski definition) is 0. The third-order valence-corrected chi connectivity index (χ3v) is 3.35. The van der Waals surface area contributed by atoms with E-state index in [2.05, 4.69) is 13.0 Å². The Morgan fingerprint density at radius 1 is 1.00 bits per heavy atom. The van der Waals surface area contributed by atoms with E-state index in [9.17, 15) is 4.79 Å². The summed E-state index contributed by atoms with van der Waals surface area (Å²) in [5.74, 6) is 0.556. The summed E-state index contributed by atoms with van der Waals surface area (Å²) in [5, 5.41) is 0. The first-order chi connectivity index (χ1) is 10.6. The molecule has 0 N–H and O–H groups in total. The van der Waals surface area contributed by atoms with Gasteiger partial charge in [0.25, 0.3) is 0 Å². The van der Waals surface area contributed by atoms with Crippen molar-refractivity contribution in [3.8, 4) is 5.75 Å². The van der Waals surface area contributed by atoms with Gasteiger partial charge in [0.2, 0.25) is 0 Å². The Kier molecular flexibility index (Phi) is 5.37. The largest absolute Gasteiger partial charge is 0.497 e. The molecule has 3 heteroatoms. The van der Waals surface area contributed by atoms with Gasteiger partial charge in [0.05, 0.1) is 19.3 Å². The topological polar surface area (TPSA) is 35.5 Å². The van der Waals surface area contributed by atoms with Crippen molar-refractivity contribution in [1.82, 2.24) is 0 Å². The Labute approximate surface area is 131 Å². The van der Waals surface area contributed by atoms with Crippen LogP contribution in [0.15, 0.2) is 48.5 Å². The van der Waals surface area contributed by atoms with Crippen LogP contribution in [0.25, 0.3) is 11.6 Å². The Balaban J connectivity index is 2.15. The van der Waals surface area contributed by atoms with Crippen molar-refractivity contribution >= 4 is 17.6 Å². The highest BCUT2D eigenvalue weighted by Gasteiger charge is 2.05. The summed E-state index contributed by atoms with van der Waals surface area (Å²) in [4.78, 5) is 11.6. The Hall–Kier alpha value is -2.55. The van der Waals surface area contributed by atoms with E-state index < -0.39 is 0 Å². The lowest BCUT2D eigenvalue weighted by atomic mass is 10.0. The van der Waals surface area contributed by atoms with Crippen molar-refractivity contribution in [3.63, 3.8) is 0 Å². The average Bonchev–Trinajstić information content (AvgIpc) is 2.55. The van der Waals surface area contributed by atoms with Crippen molar-refractivity contribution < 1.29 is 14.3 Å². The third kappa shape index (κ3) is 3.98. The highest BCUT2D eigenvalue weighted by Crippen LogP contribution is 2.21. The molecule has 0 atom stereocenters. The molecule has 2 rings (SSSR count). The maximum atomic E-state index is 11.6. The number of esters is 1. The van der Waals surface area contributed by atoms with Crippen molar-refractivity contribution in [1.29, 1.82) is 0 Å². The fraction of sp³-hybridized carbons (Fsp3) is 0.211. The summed E-state index contributed by atoms with van der Waals surface area (Å²) in [6.07, 6.45) is 2.08. The molecule has 0 fully saturated rings. The number of carbonyl (C=O) groups is 1. The van der Waals surface area contributed by atoms with Crippen LogP contribution in [-0.2, 0) is 4.74 Å². The minimum absolute atomic E-state index is 0.287. The summed E-state index contributed by atoms with van der Waals surface area (Å²) < 4.78 is 10.1. The lowest BCUT2D eigenvalue weighted by Crippen LogP contribution is -2.03. The molecule has 0 heterocycles. The van der Waals surface area contributed by atoms with E-state index in [-0.39, 0.29) is 5.97 Å². The quantitative estimate of drug-likeness (QED) is 0.604. The maximum Gasteiger partial charge on any atom is 0.338 e. The molecule has 3 nitrogen and oxygen atoms in total. The molecule has 0 saturated heterocycles. The zero-order valence-electron chi connectivity index (χ0n) is 13.1. The standard InChI is InChI=1S/C19H20O3/c1-4-22-19(20)17-7-5-15(6-8-17)13-14(2)16-9-11-18(21-3)12-10-16/h5-13H,4H2,1-3H3/b14-13+. The lowest BCUT2D eigenvalue weighted by Gasteiger charge is -2.05. The Morgan fingerprint density at radius 3 is 2.14 bits per heavy atom. The molecule has 0 aliphatic heterocycles. The van der Waals surface area contributed by atoms with E-state index in [1.807, 2.05) is 36.4 Å². The number of hydrogen-bond acceptors (Lipinski definition) is 3. The average molecular weight is 296 g/mol. The zero-order chi connectivity index (χ0) is 15.9. The molecule has 22 heavy (non-hydrogen) atoms. The second-order valence-corrected chi connectivity index (χ2v) is 4.90. The molecule has 0 spiro atoms. The van der Waals surface area contributed by atoms with Gasteiger partial charge in [-0.1, -0.05) is 30.3 Å². The number of methoxy groups -OCH3 is 1. The lowest BCUT2D eigenvalue weighted by molar-refractivity contribution is 0.0526. The molecule has 2 aromatic carbocycles. The Bertz CT molecular complexity index is 652. The van der Waals surface area contributed by atoms with Crippen molar-refractivity contribution in [2.24, 2.45) is 0 Å². The van der Waals surface area contributed by atoms with Gasteiger partial charge >= 0.3 is 5.97 Å². The van der Waals surface area contributed by atoms with Gasteiger partial charge in [-0.25, -0.2) is 4.79 Å². The van der Waals surface area contributed by atoms with Crippen LogP contribution in [0.1, 0.15) is 35.3 Å². The van der Waals surface area contributed by atoms with Gasteiger partial charge in [-0.15, -0.1) is 0 Å². The third-order valence-electron chi connectivity index (χ3n) is 3.35. The van der Waals surface area contributed by atoms with Gasteiger partial charge in [-0.2, -0.15) is 0 Å². The number of allylic oxidation sites excluding steroid dienone is 1. The molecule has 0 bridgehead atoms. The number of carbonyl (C=O) groups excluding carboxylic acids is 1. The Morgan fingerprint density at radius 2 is 1.59 bits per heavy atom. The summed E-state index contributed by atoms with van der Waals surface area (Å²) in [6, 6.07) is 15.3. The molecule has 0 aliphatic rings. The minimum Gasteiger partial charge on any atom is -0.497 e. The molecular formula is C19H20O3. The second kappa shape index (κ2) is 7.46. The van der Waals surface area contributed by atoms with Crippen LogP contribution >= 0.6 is 0 Å². The number of rotatable bonds is 5. The van der Waals surface area contributed by atoms with Gasteiger partial charge < -0.3 is 9.47 Å². The number of benzene rings is 2. The highest BCUT2D eigenvalue weighted by molar-refractivity contribution is 5.90. The predicted octanol–water partition coefficient (Wildman–Crippen LogP) is 4.43. The molecule has 0 amide bonds. The van der Waals surface area contributed by atoms with Crippen LogP contribution in [0.2, 0.25) is 0 Å². The summed E-state index contributed by atoms with van der Waals surface area (Å²) in [6.45, 7) is 4.24. The van der Waals surface area contributed by atoms with E-state index >= 15 is 0 Å². The van der Waals surface area contributed by atoms with Gasteiger partial charge in [0, 0.05) is 0 Å². The maximum absolute atomic E-state index is 11.6. The first-order valence-corrected chi connectivity index (χ1v) is 7.24. The van der Waals surface area contributed by atoms with Crippen LogP contribution in [0.4, 0.5) is 0 Å². The summed E-state index contributed by atoms with van der Waals surface area (Å²) in [5.41, 5.74) is 3.89. The normalized spacial score (nSPS) is 11.1. The van der Waals surface area contributed by atoms with Crippen molar-refractivity contribution in [2.75, 3.05) is 13.7 Å². The SMILES string of the molecule is CCOC(=O)c1ccc(/C=C(\C)c2ccc(OC)cc2)cc1. The molecule has 114 valence electrons. The van der Waals surface area contributed by atoms with Gasteiger partial charge in [0.1, 0.15) is 5.75 Å². The fourth-order valence-corrected chi connectivity index (χ4v) is 2.12. The molecule has 0 saturated carbocycles. The zero-order valence-corrected chi connectivity index (χ0v) is 13.1. The molecule has 0 unspecified atom stereocenters. The second-order valence-electron chi connectivity index (χ2n) is 4.90.